The molecule has 0 N–H and O–H groups in total. The largest absolute Gasteiger partial charge is 0.309 e. The quantitative estimate of drug-likeness (QED) is 0.212. The number of para-hydroxylation sites is 2. The molecule has 0 radical (unpaired) electrons. The zero-order valence-corrected chi connectivity index (χ0v) is 23.5. The first kappa shape index (κ1) is 23.6. The minimum atomic E-state index is -1.47. The number of fused-ring (bicyclic) bond motifs is 4. The molecule has 0 atom stereocenters. The van der Waals surface area contributed by atoms with Crippen molar-refractivity contribution in [2.24, 2.45) is 0 Å². The highest BCUT2D eigenvalue weighted by Gasteiger charge is 2.19. The van der Waals surface area contributed by atoms with Gasteiger partial charge in [-0.2, -0.15) is 0 Å². The van der Waals surface area contributed by atoms with Gasteiger partial charge in [-0.05, 0) is 47.5 Å². The SMILES string of the molecule is C[Si](C)(C)c1ccc2nc(-c3ccc4c5ccccc5n(-c5ccccc5)c4c3)cc(-c3ccccc3)c2c1. The van der Waals surface area contributed by atoms with Gasteiger partial charge in [0, 0.05) is 27.4 Å². The van der Waals surface area contributed by atoms with Gasteiger partial charge in [0.15, 0.2) is 0 Å². The molecule has 0 fully saturated rings. The number of nitrogens with zero attached hydrogens (tertiary/aromatic N) is 2. The molecule has 2 aromatic heterocycles. The Bertz CT molecular complexity index is 1980. The second-order valence-corrected chi connectivity index (χ2v) is 16.4. The molecule has 0 saturated heterocycles. The van der Waals surface area contributed by atoms with Crippen molar-refractivity contribution in [2.75, 3.05) is 0 Å². The van der Waals surface area contributed by atoms with E-state index in [0.717, 1.165) is 22.5 Å². The van der Waals surface area contributed by atoms with Crippen LogP contribution in [0.2, 0.25) is 19.6 Å². The number of benzene rings is 5. The van der Waals surface area contributed by atoms with Crippen molar-refractivity contribution in [1.82, 2.24) is 9.55 Å². The molecule has 0 bridgehead atoms. The molecular formula is C36H30N2Si. The molecule has 3 heteroatoms. The average molecular weight is 519 g/mol. The Balaban J connectivity index is 1.50. The maximum atomic E-state index is 5.22. The normalized spacial score (nSPS) is 12.0. The summed E-state index contributed by atoms with van der Waals surface area (Å²) >= 11 is 0. The fourth-order valence-corrected chi connectivity index (χ4v) is 6.84. The summed E-state index contributed by atoms with van der Waals surface area (Å²) in [4.78, 5) is 5.22. The first-order valence-corrected chi connectivity index (χ1v) is 17.1. The van der Waals surface area contributed by atoms with Crippen molar-refractivity contribution in [3.8, 4) is 28.1 Å². The van der Waals surface area contributed by atoms with Crippen molar-refractivity contribution >= 4 is 46.0 Å². The topological polar surface area (TPSA) is 17.8 Å². The third kappa shape index (κ3) is 4.07. The van der Waals surface area contributed by atoms with E-state index >= 15 is 0 Å². The molecule has 188 valence electrons. The van der Waals surface area contributed by atoms with Gasteiger partial charge in [-0.15, -0.1) is 0 Å². The Morgan fingerprint density at radius 1 is 0.538 bits per heavy atom. The van der Waals surface area contributed by atoms with Gasteiger partial charge >= 0.3 is 0 Å². The number of rotatable bonds is 4. The smallest absolute Gasteiger partial charge is 0.0776 e. The second-order valence-electron chi connectivity index (χ2n) is 11.3. The number of hydrogen-bond acceptors (Lipinski definition) is 1. The molecule has 0 aliphatic heterocycles. The van der Waals surface area contributed by atoms with E-state index in [1.807, 2.05) is 0 Å². The van der Waals surface area contributed by atoms with E-state index in [9.17, 15) is 0 Å². The molecule has 2 nitrogen and oxygen atoms in total. The van der Waals surface area contributed by atoms with E-state index in [2.05, 4.69) is 152 Å². The lowest BCUT2D eigenvalue weighted by Gasteiger charge is -2.18. The first-order chi connectivity index (χ1) is 19.0. The first-order valence-electron chi connectivity index (χ1n) is 13.6. The van der Waals surface area contributed by atoms with Crippen LogP contribution in [0.3, 0.4) is 0 Å². The van der Waals surface area contributed by atoms with E-state index in [1.54, 1.807) is 0 Å². The molecule has 0 unspecified atom stereocenters. The molecule has 0 saturated carbocycles. The molecule has 2 heterocycles. The van der Waals surface area contributed by atoms with Gasteiger partial charge in [-0.1, -0.05) is 116 Å². The molecule has 39 heavy (non-hydrogen) atoms. The minimum absolute atomic E-state index is 0.994. The second kappa shape index (κ2) is 9.07. The molecule has 0 aliphatic carbocycles. The van der Waals surface area contributed by atoms with Crippen LogP contribution in [0.4, 0.5) is 0 Å². The van der Waals surface area contributed by atoms with Crippen molar-refractivity contribution in [3.63, 3.8) is 0 Å². The zero-order chi connectivity index (χ0) is 26.6. The van der Waals surface area contributed by atoms with Crippen LogP contribution >= 0.6 is 0 Å². The summed E-state index contributed by atoms with van der Waals surface area (Å²) in [5.41, 5.74) is 9.18. The highest BCUT2D eigenvalue weighted by molar-refractivity contribution is 6.88. The van der Waals surface area contributed by atoms with E-state index < -0.39 is 8.07 Å². The summed E-state index contributed by atoms with van der Waals surface area (Å²) in [6, 6.07) is 46.0. The van der Waals surface area contributed by atoms with Crippen LogP contribution in [0.25, 0.3) is 60.8 Å². The maximum absolute atomic E-state index is 5.22. The Morgan fingerprint density at radius 3 is 2.00 bits per heavy atom. The van der Waals surface area contributed by atoms with Crippen molar-refractivity contribution < 1.29 is 0 Å². The van der Waals surface area contributed by atoms with Gasteiger partial charge in [-0.3, -0.25) is 0 Å². The zero-order valence-electron chi connectivity index (χ0n) is 22.5. The Morgan fingerprint density at radius 2 is 1.23 bits per heavy atom. The maximum Gasteiger partial charge on any atom is 0.0776 e. The number of hydrogen-bond donors (Lipinski definition) is 0. The monoisotopic (exact) mass is 518 g/mol. The van der Waals surface area contributed by atoms with Crippen LogP contribution in [-0.4, -0.2) is 17.6 Å². The summed E-state index contributed by atoms with van der Waals surface area (Å²) in [7, 11) is -1.47. The summed E-state index contributed by atoms with van der Waals surface area (Å²) in [6.45, 7) is 7.21. The highest BCUT2D eigenvalue weighted by atomic mass is 28.3. The van der Waals surface area contributed by atoms with Crippen LogP contribution in [0.1, 0.15) is 0 Å². The summed E-state index contributed by atoms with van der Waals surface area (Å²) in [5, 5.41) is 5.19. The van der Waals surface area contributed by atoms with Crippen LogP contribution in [-0.2, 0) is 0 Å². The van der Waals surface area contributed by atoms with E-state index in [1.165, 1.54) is 43.5 Å². The van der Waals surface area contributed by atoms with Gasteiger partial charge in [0.05, 0.1) is 30.3 Å². The van der Waals surface area contributed by atoms with Crippen molar-refractivity contribution in [1.29, 1.82) is 0 Å². The predicted octanol–water partition coefficient (Wildman–Crippen LogP) is 9.21. The van der Waals surface area contributed by atoms with Crippen LogP contribution in [0.15, 0.2) is 127 Å². The van der Waals surface area contributed by atoms with Gasteiger partial charge in [0.2, 0.25) is 0 Å². The summed E-state index contributed by atoms with van der Waals surface area (Å²) in [5.74, 6) is 0. The summed E-state index contributed by atoms with van der Waals surface area (Å²) in [6.07, 6.45) is 0. The van der Waals surface area contributed by atoms with Gasteiger partial charge in [0.25, 0.3) is 0 Å². The Kier molecular flexibility index (Phi) is 5.50. The fraction of sp³-hybridized carbons (Fsp3) is 0.0833. The lowest BCUT2D eigenvalue weighted by atomic mass is 9.98. The number of aromatic nitrogens is 2. The minimum Gasteiger partial charge on any atom is -0.309 e. The van der Waals surface area contributed by atoms with Gasteiger partial charge in [0.1, 0.15) is 0 Å². The van der Waals surface area contributed by atoms with E-state index in [-0.39, 0.29) is 0 Å². The van der Waals surface area contributed by atoms with Crippen LogP contribution in [0, 0.1) is 0 Å². The molecule has 0 aliphatic rings. The molecule has 7 aromatic rings. The molecule has 5 aromatic carbocycles. The summed E-state index contributed by atoms with van der Waals surface area (Å²) < 4.78 is 2.37. The van der Waals surface area contributed by atoms with Crippen molar-refractivity contribution in [2.45, 2.75) is 19.6 Å². The average Bonchev–Trinajstić information content (AvgIpc) is 3.30. The lowest BCUT2D eigenvalue weighted by molar-refractivity contribution is 1.18. The molecule has 0 amide bonds. The van der Waals surface area contributed by atoms with Crippen LogP contribution < -0.4 is 5.19 Å². The standard InChI is InChI=1S/C36H30N2Si/c1-39(2,3)28-19-21-33-32(23-28)31(25-12-6-4-7-13-25)24-34(37-33)26-18-20-30-29-16-10-11-17-35(29)38(36(30)22-26)27-14-8-5-9-15-27/h4-24H,1-3H3. The highest BCUT2D eigenvalue weighted by Crippen LogP contribution is 2.36. The number of pyridine rings is 1. The molecular weight excluding hydrogens is 488 g/mol. The molecule has 0 spiro atoms. The van der Waals surface area contributed by atoms with Crippen molar-refractivity contribution in [3.05, 3.63) is 127 Å². The van der Waals surface area contributed by atoms with E-state index in [4.69, 9.17) is 4.98 Å². The van der Waals surface area contributed by atoms with E-state index in [0.29, 0.717) is 0 Å². The predicted molar refractivity (Wildman–Crippen MR) is 170 cm³/mol. The van der Waals surface area contributed by atoms with Gasteiger partial charge in [-0.25, -0.2) is 4.98 Å². The molecule has 7 rings (SSSR count). The third-order valence-corrected chi connectivity index (χ3v) is 9.79. The van der Waals surface area contributed by atoms with Gasteiger partial charge < -0.3 is 4.57 Å². The lowest BCUT2D eigenvalue weighted by Crippen LogP contribution is -2.37. The fourth-order valence-electron chi connectivity index (χ4n) is 5.68. The Labute approximate surface area is 230 Å². The third-order valence-electron chi connectivity index (χ3n) is 7.74. The van der Waals surface area contributed by atoms with Crippen LogP contribution in [0.5, 0.6) is 0 Å². The Hall–Kier alpha value is -4.47.